The van der Waals surface area contributed by atoms with Gasteiger partial charge in [-0.1, -0.05) is 18.2 Å². The Labute approximate surface area is 197 Å². The van der Waals surface area contributed by atoms with Crippen molar-refractivity contribution in [1.29, 1.82) is 0 Å². The molecule has 34 heavy (non-hydrogen) atoms. The number of fused-ring (bicyclic) bond motifs is 1. The van der Waals surface area contributed by atoms with Gasteiger partial charge in [-0.25, -0.2) is 13.1 Å². The number of benzene rings is 1. The third kappa shape index (κ3) is 6.69. The van der Waals surface area contributed by atoms with Crippen molar-refractivity contribution in [3.8, 4) is 5.75 Å². The monoisotopic (exact) mass is 482 g/mol. The van der Waals surface area contributed by atoms with Gasteiger partial charge in [0.1, 0.15) is 12.4 Å². The van der Waals surface area contributed by atoms with Crippen molar-refractivity contribution in [2.45, 2.75) is 17.9 Å². The zero-order chi connectivity index (χ0) is 24.7. The summed E-state index contributed by atoms with van der Waals surface area (Å²) in [5.74, 6) is -0.770. The van der Waals surface area contributed by atoms with Crippen molar-refractivity contribution in [3.63, 3.8) is 0 Å². The van der Waals surface area contributed by atoms with Crippen LogP contribution >= 0.6 is 0 Å². The molecule has 12 heteroatoms. The Kier molecular flexibility index (Phi) is 8.08. The van der Waals surface area contributed by atoms with Gasteiger partial charge in [-0.2, -0.15) is 0 Å². The summed E-state index contributed by atoms with van der Waals surface area (Å²) >= 11 is 0. The molecule has 3 N–H and O–H groups in total. The summed E-state index contributed by atoms with van der Waals surface area (Å²) in [7, 11) is 1.26. The standard InChI is InChI=1S/C22H23BN4O6S/c1-15(26-34(31,32)19-5-3-2-4-6-19)13-25-21(29)16-11-17-7-8-18(14-27(17)20(28)12-16)33-10-9-24-22(23)30/h2-8,11-12,14-15,26H,9-10,13H2,1H3,(H,24,30)(H,25,29). The van der Waals surface area contributed by atoms with E-state index in [4.69, 9.17) is 12.6 Å². The highest BCUT2D eigenvalue weighted by molar-refractivity contribution is 7.89. The maximum Gasteiger partial charge on any atom is 0.255 e. The number of hydrogen-bond donors (Lipinski definition) is 3. The van der Waals surface area contributed by atoms with E-state index in [9.17, 15) is 22.8 Å². The second-order valence-corrected chi connectivity index (χ2v) is 9.14. The number of pyridine rings is 2. The van der Waals surface area contributed by atoms with Crippen LogP contribution in [0.25, 0.3) is 5.52 Å². The zero-order valence-electron chi connectivity index (χ0n) is 18.4. The van der Waals surface area contributed by atoms with E-state index >= 15 is 0 Å². The summed E-state index contributed by atoms with van der Waals surface area (Å²) in [6, 6.07) is 13.3. The summed E-state index contributed by atoms with van der Waals surface area (Å²) < 4.78 is 34.1. The quantitative estimate of drug-likeness (QED) is 0.287. The van der Waals surface area contributed by atoms with Gasteiger partial charge < -0.3 is 15.4 Å². The molecule has 2 aromatic heterocycles. The third-order valence-corrected chi connectivity index (χ3v) is 6.29. The van der Waals surface area contributed by atoms with E-state index in [0.29, 0.717) is 11.3 Å². The first-order valence-corrected chi connectivity index (χ1v) is 11.8. The molecule has 0 saturated heterocycles. The summed E-state index contributed by atoms with van der Waals surface area (Å²) in [4.78, 5) is 35.9. The average Bonchev–Trinajstić information content (AvgIpc) is 2.80. The van der Waals surface area contributed by atoms with E-state index in [1.165, 1.54) is 34.9 Å². The first kappa shape index (κ1) is 25.0. The van der Waals surface area contributed by atoms with Crippen molar-refractivity contribution >= 4 is 35.1 Å². The van der Waals surface area contributed by atoms with E-state index < -0.39 is 33.3 Å². The Morgan fingerprint density at radius 3 is 2.53 bits per heavy atom. The summed E-state index contributed by atoms with van der Waals surface area (Å²) in [5.41, 5.74) is 0.168. The number of amides is 2. The number of aromatic nitrogens is 1. The molecule has 176 valence electrons. The minimum absolute atomic E-state index is 0.0242. The van der Waals surface area contributed by atoms with Crippen LogP contribution in [0.3, 0.4) is 0 Å². The number of carbonyl (C=O) groups excluding carboxylic acids is 2. The van der Waals surface area contributed by atoms with Crippen LogP contribution in [0, 0.1) is 0 Å². The Hall–Kier alpha value is -3.64. The zero-order valence-corrected chi connectivity index (χ0v) is 19.2. The van der Waals surface area contributed by atoms with Crippen LogP contribution in [0.2, 0.25) is 0 Å². The fourth-order valence-electron chi connectivity index (χ4n) is 3.09. The molecule has 0 aliphatic carbocycles. The smallest absolute Gasteiger partial charge is 0.255 e. The van der Waals surface area contributed by atoms with Gasteiger partial charge in [0, 0.05) is 29.7 Å². The molecule has 0 bridgehead atoms. The highest BCUT2D eigenvalue weighted by Gasteiger charge is 2.18. The van der Waals surface area contributed by atoms with E-state index in [-0.39, 0.29) is 30.2 Å². The van der Waals surface area contributed by atoms with Gasteiger partial charge in [0.15, 0.2) is 13.7 Å². The second-order valence-electron chi connectivity index (χ2n) is 7.43. The van der Waals surface area contributed by atoms with Gasteiger partial charge in [0.2, 0.25) is 10.0 Å². The maximum absolute atomic E-state index is 12.6. The largest absolute Gasteiger partial charge is 0.490 e. The van der Waals surface area contributed by atoms with Crippen molar-refractivity contribution in [2.24, 2.45) is 0 Å². The van der Waals surface area contributed by atoms with E-state index in [1.54, 1.807) is 37.3 Å². The number of hydrogen-bond acceptors (Lipinski definition) is 6. The number of sulfonamides is 1. The molecule has 1 unspecified atom stereocenters. The molecule has 0 aliphatic rings. The molecule has 1 atom stereocenters. The van der Waals surface area contributed by atoms with E-state index in [1.807, 2.05) is 0 Å². The summed E-state index contributed by atoms with van der Waals surface area (Å²) in [5, 5.41) is 5.02. The van der Waals surface area contributed by atoms with Crippen LogP contribution in [0.5, 0.6) is 5.75 Å². The van der Waals surface area contributed by atoms with Crippen LogP contribution in [0.1, 0.15) is 17.3 Å². The molecule has 0 saturated carbocycles. The minimum Gasteiger partial charge on any atom is -0.490 e. The number of rotatable bonds is 10. The van der Waals surface area contributed by atoms with Gasteiger partial charge in [0.05, 0.1) is 17.6 Å². The minimum atomic E-state index is -3.72. The molecule has 3 rings (SSSR count). The van der Waals surface area contributed by atoms with Gasteiger partial charge in [0.25, 0.3) is 11.5 Å². The van der Waals surface area contributed by atoms with Gasteiger partial charge in [-0.15, -0.1) is 0 Å². The molecular weight excluding hydrogens is 459 g/mol. The molecule has 0 fully saturated rings. The van der Waals surface area contributed by atoms with Crippen LogP contribution < -0.4 is 25.7 Å². The lowest BCUT2D eigenvalue weighted by Crippen LogP contribution is -2.41. The van der Waals surface area contributed by atoms with Crippen molar-refractivity contribution < 1.29 is 22.7 Å². The normalized spacial score (nSPS) is 12.1. The average molecular weight is 482 g/mol. The van der Waals surface area contributed by atoms with Gasteiger partial charge in [-0.05, 0) is 37.3 Å². The van der Waals surface area contributed by atoms with Gasteiger partial charge >= 0.3 is 0 Å². The number of nitrogens with zero attached hydrogens (tertiary/aromatic N) is 1. The molecule has 2 heterocycles. The topological polar surface area (TPSA) is 135 Å². The SMILES string of the molecule is [B]C(=O)NCCOc1ccc2cc(C(=O)NCC(C)NS(=O)(=O)c3ccccc3)cc(=O)n2c1. The Bertz CT molecular complexity index is 1340. The summed E-state index contributed by atoms with van der Waals surface area (Å²) in [6.45, 7) is 2.02. The lowest BCUT2D eigenvalue weighted by atomic mass is 10.1. The third-order valence-electron chi connectivity index (χ3n) is 4.68. The molecule has 0 spiro atoms. The molecule has 10 nitrogen and oxygen atoms in total. The number of carbonyl (C=O) groups is 2. The maximum atomic E-state index is 12.6. The fourth-order valence-corrected chi connectivity index (χ4v) is 4.35. The Morgan fingerprint density at radius 1 is 1.09 bits per heavy atom. The summed E-state index contributed by atoms with van der Waals surface area (Å²) in [6.07, 6.45) is 1.48. The van der Waals surface area contributed by atoms with Crippen molar-refractivity contribution in [3.05, 3.63) is 76.7 Å². The van der Waals surface area contributed by atoms with E-state index in [2.05, 4.69) is 15.4 Å². The highest BCUT2D eigenvalue weighted by Crippen LogP contribution is 2.13. The molecule has 2 amide bonds. The molecule has 2 radical (unpaired) electrons. The first-order chi connectivity index (χ1) is 16.2. The molecule has 3 aromatic rings. The number of ether oxygens (including phenoxy) is 1. The van der Waals surface area contributed by atoms with Crippen LogP contribution in [0.15, 0.2) is 70.5 Å². The van der Waals surface area contributed by atoms with Crippen molar-refractivity contribution in [1.82, 2.24) is 19.8 Å². The number of nitrogens with one attached hydrogen (secondary N) is 3. The van der Waals surface area contributed by atoms with Crippen molar-refractivity contribution in [2.75, 3.05) is 19.7 Å². The predicted molar refractivity (Wildman–Crippen MR) is 127 cm³/mol. The lowest BCUT2D eigenvalue weighted by molar-refractivity contribution is 0.0951. The molecule has 1 aromatic carbocycles. The fraction of sp³-hybridized carbons (Fsp3) is 0.227. The van der Waals surface area contributed by atoms with Crippen LogP contribution in [-0.4, -0.2) is 58.1 Å². The van der Waals surface area contributed by atoms with Crippen LogP contribution in [-0.2, 0) is 10.0 Å². The molecule has 0 aliphatic heterocycles. The van der Waals surface area contributed by atoms with Crippen LogP contribution in [0.4, 0.5) is 4.79 Å². The second kappa shape index (κ2) is 11.0. The Balaban J connectivity index is 1.62. The Morgan fingerprint density at radius 2 is 1.82 bits per heavy atom. The first-order valence-electron chi connectivity index (χ1n) is 10.3. The van der Waals surface area contributed by atoms with E-state index in [0.717, 1.165) is 0 Å². The lowest BCUT2D eigenvalue weighted by Gasteiger charge is -2.15. The predicted octanol–water partition coefficient (Wildman–Crippen LogP) is 0.653. The highest BCUT2D eigenvalue weighted by atomic mass is 32.2. The molecular formula is C22H23BN4O6S. The van der Waals surface area contributed by atoms with Gasteiger partial charge in [-0.3, -0.25) is 18.8 Å².